The van der Waals surface area contributed by atoms with Crippen molar-refractivity contribution in [2.24, 2.45) is 0 Å². The highest BCUT2D eigenvalue weighted by atomic mass is 35.5. The maximum atomic E-state index is 5.44. The van der Waals surface area contributed by atoms with E-state index in [9.17, 15) is 0 Å². The van der Waals surface area contributed by atoms with E-state index in [1.165, 1.54) is 25.0 Å². The highest BCUT2D eigenvalue weighted by Crippen LogP contribution is 2.11. The first kappa shape index (κ1) is 11.7. The van der Waals surface area contributed by atoms with Crippen molar-refractivity contribution in [1.82, 2.24) is 0 Å². The summed E-state index contributed by atoms with van der Waals surface area (Å²) in [4.78, 5) is 0. The van der Waals surface area contributed by atoms with Crippen molar-refractivity contribution >= 4 is 35.0 Å². The van der Waals surface area contributed by atoms with E-state index < -0.39 is 0 Å². The minimum Gasteiger partial charge on any atom is -0.165 e. The van der Waals surface area contributed by atoms with Crippen LogP contribution in [0.4, 0.5) is 0 Å². The molecule has 0 aliphatic heterocycles. The van der Waals surface area contributed by atoms with Gasteiger partial charge in [-0.3, -0.25) is 0 Å². The number of unbranched alkanes of at least 4 members (excludes halogenated alkanes) is 3. The predicted molar refractivity (Wildman–Crippen MR) is 56.6 cm³/mol. The molecule has 0 saturated heterocycles. The lowest BCUT2D eigenvalue weighted by atomic mass is 10.2. The van der Waals surface area contributed by atoms with Crippen molar-refractivity contribution in [1.29, 1.82) is 0 Å². The molecule has 0 heterocycles. The van der Waals surface area contributed by atoms with Crippen molar-refractivity contribution in [2.75, 3.05) is 12.0 Å². The minimum atomic E-state index is 0.398. The topological polar surface area (TPSA) is 0 Å². The third kappa shape index (κ3) is 10.7. The molecule has 0 nitrogen and oxygen atoms in total. The smallest absolute Gasteiger partial charge is 0.102 e. The van der Waals surface area contributed by atoms with Gasteiger partial charge in [0.25, 0.3) is 0 Å². The zero-order valence-corrected chi connectivity index (χ0v) is 9.11. The second-order valence-electron chi connectivity index (χ2n) is 2.34. The fourth-order valence-electron chi connectivity index (χ4n) is 0.779. The van der Waals surface area contributed by atoms with E-state index in [4.69, 9.17) is 23.2 Å². The van der Waals surface area contributed by atoms with E-state index >= 15 is 0 Å². The van der Waals surface area contributed by atoms with E-state index in [0.717, 1.165) is 6.42 Å². The van der Waals surface area contributed by atoms with Crippen LogP contribution in [-0.2, 0) is 0 Å². The summed E-state index contributed by atoms with van der Waals surface area (Å²) in [5, 5.41) is 0. The lowest BCUT2D eigenvalue weighted by Gasteiger charge is -1.95. The first-order valence-electron chi connectivity index (χ1n) is 3.77. The van der Waals surface area contributed by atoms with E-state index in [-0.39, 0.29) is 0 Å². The lowest BCUT2D eigenvalue weighted by Crippen LogP contribution is -1.78. The van der Waals surface area contributed by atoms with Gasteiger partial charge in [-0.05, 0) is 31.3 Å². The van der Waals surface area contributed by atoms with Crippen LogP contribution in [0.25, 0.3) is 0 Å². The third-order valence-electron chi connectivity index (χ3n) is 1.35. The maximum absolute atomic E-state index is 5.44. The molecule has 0 radical (unpaired) electrons. The van der Waals surface area contributed by atoms with Crippen molar-refractivity contribution in [3.05, 3.63) is 10.6 Å². The highest BCUT2D eigenvalue weighted by molar-refractivity contribution is 7.98. The van der Waals surface area contributed by atoms with E-state index in [0.29, 0.717) is 4.49 Å². The summed E-state index contributed by atoms with van der Waals surface area (Å²) >= 11 is 12.8. The second kappa shape index (κ2) is 8.76. The summed E-state index contributed by atoms with van der Waals surface area (Å²) in [7, 11) is 0. The van der Waals surface area contributed by atoms with E-state index in [2.05, 4.69) is 6.26 Å². The molecule has 0 bridgehead atoms. The Balaban J connectivity index is 2.97. The zero-order valence-electron chi connectivity index (χ0n) is 6.78. The van der Waals surface area contributed by atoms with Crippen LogP contribution in [0.2, 0.25) is 0 Å². The Hall–Kier alpha value is 0.670. The van der Waals surface area contributed by atoms with Crippen molar-refractivity contribution in [3.8, 4) is 0 Å². The molecule has 0 spiro atoms. The van der Waals surface area contributed by atoms with Gasteiger partial charge < -0.3 is 0 Å². The summed E-state index contributed by atoms with van der Waals surface area (Å²) < 4.78 is 0.398. The summed E-state index contributed by atoms with van der Waals surface area (Å²) in [6, 6.07) is 0. The van der Waals surface area contributed by atoms with Crippen LogP contribution in [0.5, 0.6) is 0 Å². The average Bonchev–Trinajstić information content (AvgIpc) is 1.96. The van der Waals surface area contributed by atoms with Crippen molar-refractivity contribution in [2.45, 2.75) is 25.7 Å². The summed E-state index contributed by atoms with van der Waals surface area (Å²) in [6.45, 7) is 0. The molecular formula is C8H14Cl2S. The lowest BCUT2D eigenvalue weighted by molar-refractivity contribution is 0.735. The molecule has 0 fully saturated rings. The quantitative estimate of drug-likeness (QED) is 0.595. The minimum absolute atomic E-state index is 0.398. The molecule has 0 atom stereocenters. The number of halogens is 2. The molecular weight excluding hydrogens is 199 g/mol. The predicted octanol–water partition coefficient (Wildman–Crippen LogP) is 4.23. The molecule has 0 rings (SSSR count). The monoisotopic (exact) mass is 212 g/mol. The van der Waals surface area contributed by atoms with Gasteiger partial charge in [0.2, 0.25) is 0 Å². The number of hydrogen-bond acceptors (Lipinski definition) is 1. The molecule has 0 saturated carbocycles. The van der Waals surface area contributed by atoms with Crippen LogP contribution >= 0.6 is 35.0 Å². The van der Waals surface area contributed by atoms with Gasteiger partial charge in [-0.2, -0.15) is 11.8 Å². The standard InChI is InChI=1S/C8H14Cl2S/c1-11-7-5-3-2-4-6-8(9)10/h6H,2-5,7H2,1H3. The van der Waals surface area contributed by atoms with Crippen LogP contribution in [0.3, 0.4) is 0 Å². The normalized spacial score (nSPS) is 9.73. The third-order valence-corrected chi connectivity index (χ3v) is 2.36. The summed E-state index contributed by atoms with van der Waals surface area (Å²) in [6.07, 6.45) is 8.78. The van der Waals surface area contributed by atoms with Crippen molar-refractivity contribution < 1.29 is 0 Å². The van der Waals surface area contributed by atoms with Crippen LogP contribution in [0.15, 0.2) is 10.6 Å². The van der Waals surface area contributed by atoms with E-state index in [1.807, 2.05) is 17.8 Å². The summed E-state index contributed by atoms with van der Waals surface area (Å²) in [5.41, 5.74) is 0. The molecule has 0 aliphatic carbocycles. The Kier molecular flexibility index (Phi) is 9.30. The number of thioether (sulfide) groups is 1. The van der Waals surface area contributed by atoms with Crippen LogP contribution < -0.4 is 0 Å². The molecule has 11 heavy (non-hydrogen) atoms. The van der Waals surface area contributed by atoms with Gasteiger partial charge in [-0.15, -0.1) is 0 Å². The van der Waals surface area contributed by atoms with Crippen LogP contribution in [0, 0.1) is 0 Å². The summed E-state index contributed by atoms with van der Waals surface area (Å²) in [5.74, 6) is 1.26. The molecule has 0 aromatic carbocycles. The Bertz CT molecular complexity index is 109. The maximum Gasteiger partial charge on any atom is 0.102 e. The number of hydrogen-bond donors (Lipinski definition) is 0. The highest BCUT2D eigenvalue weighted by Gasteiger charge is 1.87. The molecule has 0 N–H and O–H groups in total. The molecule has 0 amide bonds. The number of rotatable bonds is 6. The van der Waals surface area contributed by atoms with Gasteiger partial charge in [0.15, 0.2) is 0 Å². The first-order valence-corrected chi connectivity index (χ1v) is 5.92. The largest absolute Gasteiger partial charge is 0.165 e. The van der Waals surface area contributed by atoms with Gasteiger partial charge in [-0.1, -0.05) is 35.7 Å². The SMILES string of the molecule is CSCCCCCC=C(Cl)Cl. The Labute approximate surface area is 83.3 Å². The molecule has 66 valence electrons. The zero-order chi connectivity index (χ0) is 8.53. The Morgan fingerprint density at radius 1 is 1.27 bits per heavy atom. The number of allylic oxidation sites excluding steroid dienone is 1. The Morgan fingerprint density at radius 3 is 2.55 bits per heavy atom. The average molecular weight is 213 g/mol. The van der Waals surface area contributed by atoms with Gasteiger partial charge in [-0.25, -0.2) is 0 Å². The van der Waals surface area contributed by atoms with Gasteiger partial charge in [0.05, 0.1) is 0 Å². The molecule has 3 heteroatoms. The molecule has 0 aliphatic rings. The molecule has 0 aromatic heterocycles. The van der Waals surface area contributed by atoms with Gasteiger partial charge in [0, 0.05) is 0 Å². The second-order valence-corrected chi connectivity index (χ2v) is 4.33. The van der Waals surface area contributed by atoms with Crippen LogP contribution in [-0.4, -0.2) is 12.0 Å². The fraction of sp³-hybridized carbons (Fsp3) is 0.750. The van der Waals surface area contributed by atoms with E-state index in [1.54, 1.807) is 0 Å². The molecule has 0 unspecified atom stereocenters. The first-order chi connectivity index (χ1) is 5.27. The Morgan fingerprint density at radius 2 is 2.00 bits per heavy atom. The van der Waals surface area contributed by atoms with Crippen LogP contribution in [0.1, 0.15) is 25.7 Å². The van der Waals surface area contributed by atoms with Gasteiger partial charge in [0.1, 0.15) is 4.49 Å². The van der Waals surface area contributed by atoms with Gasteiger partial charge >= 0.3 is 0 Å². The molecule has 0 aromatic rings. The van der Waals surface area contributed by atoms with Crippen molar-refractivity contribution in [3.63, 3.8) is 0 Å². The fourth-order valence-corrected chi connectivity index (χ4v) is 1.49.